The van der Waals surface area contributed by atoms with Gasteiger partial charge in [-0.25, -0.2) is 0 Å². The van der Waals surface area contributed by atoms with Crippen molar-refractivity contribution in [3.63, 3.8) is 0 Å². The number of rotatable bonds is 5. The molecule has 0 saturated carbocycles. The van der Waals surface area contributed by atoms with E-state index < -0.39 is 0 Å². The molecule has 0 aliphatic rings. The Kier molecular flexibility index (Phi) is 5.64. The SMILES string of the molecule is CCNCc1cc(Br)ccc1Oc1ccc(Br)c(C)c1. The minimum absolute atomic E-state index is 0.792. The van der Waals surface area contributed by atoms with Crippen LogP contribution in [0.1, 0.15) is 18.1 Å². The van der Waals surface area contributed by atoms with E-state index in [1.165, 1.54) is 0 Å². The van der Waals surface area contributed by atoms with E-state index in [4.69, 9.17) is 4.74 Å². The second-order valence-electron chi connectivity index (χ2n) is 4.55. The molecular weight excluding hydrogens is 382 g/mol. The first-order valence-electron chi connectivity index (χ1n) is 6.53. The van der Waals surface area contributed by atoms with E-state index in [-0.39, 0.29) is 0 Å². The third-order valence-corrected chi connectivity index (χ3v) is 4.33. The molecule has 2 aromatic carbocycles. The van der Waals surface area contributed by atoms with Gasteiger partial charge in [0.15, 0.2) is 0 Å². The Balaban J connectivity index is 2.25. The fourth-order valence-corrected chi connectivity index (χ4v) is 2.51. The normalized spacial score (nSPS) is 10.6. The maximum absolute atomic E-state index is 6.02. The molecule has 4 heteroatoms. The highest BCUT2D eigenvalue weighted by molar-refractivity contribution is 9.10. The fraction of sp³-hybridized carbons (Fsp3) is 0.250. The number of hydrogen-bond donors (Lipinski definition) is 1. The van der Waals surface area contributed by atoms with Crippen molar-refractivity contribution in [2.45, 2.75) is 20.4 Å². The van der Waals surface area contributed by atoms with Crippen LogP contribution in [0.4, 0.5) is 0 Å². The van der Waals surface area contributed by atoms with Crippen molar-refractivity contribution >= 4 is 31.9 Å². The first-order valence-corrected chi connectivity index (χ1v) is 8.12. The van der Waals surface area contributed by atoms with Crippen molar-refractivity contribution < 1.29 is 4.74 Å². The molecule has 0 bridgehead atoms. The van der Waals surface area contributed by atoms with E-state index in [1.807, 2.05) is 30.3 Å². The van der Waals surface area contributed by atoms with Crippen molar-refractivity contribution in [3.05, 3.63) is 56.5 Å². The predicted octanol–water partition coefficient (Wildman–Crippen LogP) is 5.42. The molecule has 0 aliphatic carbocycles. The second kappa shape index (κ2) is 7.25. The lowest BCUT2D eigenvalue weighted by Gasteiger charge is -2.13. The van der Waals surface area contributed by atoms with Crippen LogP contribution in [0, 0.1) is 6.92 Å². The van der Waals surface area contributed by atoms with Crippen LogP contribution >= 0.6 is 31.9 Å². The number of halogens is 2. The topological polar surface area (TPSA) is 21.3 Å². The summed E-state index contributed by atoms with van der Waals surface area (Å²) in [5, 5.41) is 3.33. The van der Waals surface area contributed by atoms with Crippen LogP contribution in [-0.2, 0) is 6.54 Å². The Morgan fingerprint density at radius 3 is 2.60 bits per heavy atom. The van der Waals surface area contributed by atoms with Crippen LogP contribution < -0.4 is 10.1 Å². The Morgan fingerprint density at radius 1 is 1.10 bits per heavy atom. The van der Waals surface area contributed by atoms with E-state index in [2.05, 4.69) is 57.1 Å². The summed E-state index contributed by atoms with van der Waals surface area (Å²) in [5.74, 6) is 1.74. The lowest BCUT2D eigenvalue weighted by Crippen LogP contribution is -2.12. The molecule has 20 heavy (non-hydrogen) atoms. The van der Waals surface area contributed by atoms with Gasteiger partial charge in [-0.2, -0.15) is 0 Å². The van der Waals surface area contributed by atoms with Crippen LogP contribution in [0.3, 0.4) is 0 Å². The van der Waals surface area contributed by atoms with Crippen LogP contribution in [0.2, 0.25) is 0 Å². The van der Waals surface area contributed by atoms with Gasteiger partial charge in [0.05, 0.1) is 0 Å². The molecular formula is C16H17Br2NO. The smallest absolute Gasteiger partial charge is 0.131 e. The number of nitrogens with one attached hydrogen (secondary N) is 1. The van der Waals surface area contributed by atoms with Crippen molar-refractivity contribution in [2.75, 3.05) is 6.54 Å². The van der Waals surface area contributed by atoms with E-state index in [9.17, 15) is 0 Å². The summed E-state index contributed by atoms with van der Waals surface area (Å²) in [4.78, 5) is 0. The highest BCUT2D eigenvalue weighted by Gasteiger charge is 2.06. The summed E-state index contributed by atoms with van der Waals surface area (Å²) in [6, 6.07) is 12.1. The first-order chi connectivity index (χ1) is 9.60. The summed E-state index contributed by atoms with van der Waals surface area (Å²) < 4.78 is 8.17. The first kappa shape index (κ1) is 15.5. The van der Waals surface area contributed by atoms with Crippen LogP contribution in [0.5, 0.6) is 11.5 Å². The van der Waals surface area contributed by atoms with Crippen LogP contribution in [0.25, 0.3) is 0 Å². The maximum Gasteiger partial charge on any atom is 0.131 e. The molecule has 0 radical (unpaired) electrons. The van der Waals surface area contributed by atoms with Gasteiger partial charge in [0.1, 0.15) is 11.5 Å². The van der Waals surface area contributed by atoms with Gasteiger partial charge >= 0.3 is 0 Å². The third-order valence-electron chi connectivity index (χ3n) is 2.95. The average Bonchev–Trinajstić information content (AvgIpc) is 2.43. The number of benzene rings is 2. The molecule has 106 valence electrons. The summed E-state index contributed by atoms with van der Waals surface area (Å²) in [5.41, 5.74) is 2.30. The summed E-state index contributed by atoms with van der Waals surface area (Å²) >= 11 is 7.01. The van der Waals surface area contributed by atoms with Crippen molar-refractivity contribution in [3.8, 4) is 11.5 Å². The lowest BCUT2D eigenvalue weighted by molar-refractivity contribution is 0.472. The van der Waals surface area contributed by atoms with E-state index in [0.29, 0.717) is 0 Å². The summed E-state index contributed by atoms with van der Waals surface area (Å²) in [7, 11) is 0. The number of hydrogen-bond acceptors (Lipinski definition) is 2. The highest BCUT2D eigenvalue weighted by Crippen LogP contribution is 2.30. The number of ether oxygens (including phenoxy) is 1. The van der Waals surface area contributed by atoms with Gasteiger partial charge in [-0.15, -0.1) is 0 Å². The van der Waals surface area contributed by atoms with Gasteiger partial charge in [0, 0.05) is 21.1 Å². The van der Waals surface area contributed by atoms with E-state index in [1.54, 1.807) is 0 Å². The van der Waals surface area contributed by atoms with Gasteiger partial charge in [-0.3, -0.25) is 0 Å². The number of aryl methyl sites for hydroxylation is 1. The Bertz CT molecular complexity index is 599. The molecule has 0 fully saturated rings. The maximum atomic E-state index is 6.02. The van der Waals surface area contributed by atoms with Crippen LogP contribution in [0.15, 0.2) is 45.3 Å². The van der Waals surface area contributed by atoms with Crippen molar-refractivity contribution in [2.24, 2.45) is 0 Å². The van der Waals surface area contributed by atoms with Gasteiger partial charge in [0.25, 0.3) is 0 Å². The predicted molar refractivity (Wildman–Crippen MR) is 90.5 cm³/mol. The van der Waals surface area contributed by atoms with E-state index in [0.717, 1.165) is 44.7 Å². The summed E-state index contributed by atoms with van der Waals surface area (Å²) in [6.07, 6.45) is 0. The molecule has 0 unspecified atom stereocenters. The van der Waals surface area contributed by atoms with Gasteiger partial charge in [0.2, 0.25) is 0 Å². The Hall–Kier alpha value is -0.840. The molecule has 2 nitrogen and oxygen atoms in total. The van der Waals surface area contributed by atoms with Crippen molar-refractivity contribution in [1.29, 1.82) is 0 Å². The largest absolute Gasteiger partial charge is 0.457 e. The average molecular weight is 399 g/mol. The molecule has 0 aliphatic heterocycles. The minimum Gasteiger partial charge on any atom is -0.457 e. The van der Waals surface area contributed by atoms with Crippen LogP contribution in [-0.4, -0.2) is 6.54 Å². The Labute approximate surface area is 136 Å². The molecule has 0 aromatic heterocycles. The third kappa shape index (κ3) is 4.08. The molecule has 0 atom stereocenters. The molecule has 0 saturated heterocycles. The summed E-state index contributed by atoms with van der Waals surface area (Å²) in [6.45, 7) is 5.87. The second-order valence-corrected chi connectivity index (χ2v) is 6.32. The minimum atomic E-state index is 0.792. The van der Waals surface area contributed by atoms with Gasteiger partial charge in [-0.1, -0.05) is 38.8 Å². The quantitative estimate of drug-likeness (QED) is 0.725. The van der Waals surface area contributed by atoms with Gasteiger partial charge in [-0.05, 0) is 55.4 Å². The zero-order valence-electron chi connectivity index (χ0n) is 11.5. The van der Waals surface area contributed by atoms with Crippen molar-refractivity contribution in [1.82, 2.24) is 5.32 Å². The molecule has 2 rings (SSSR count). The molecule has 0 spiro atoms. The molecule has 0 heterocycles. The molecule has 0 amide bonds. The zero-order valence-corrected chi connectivity index (χ0v) is 14.7. The monoisotopic (exact) mass is 397 g/mol. The highest BCUT2D eigenvalue weighted by atomic mass is 79.9. The zero-order chi connectivity index (χ0) is 14.5. The molecule has 2 aromatic rings. The van der Waals surface area contributed by atoms with Gasteiger partial charge < -0.3 is 10.1 Å². The Morgan fingerprint density at radius 2 is 1.90 bits per heavy atom. The lowest BCUT2D eigenvalue weighted by atomic mass is 10.2. The van der Waals surface area contributed by atoms with E-state index >= 15 is 0 Å². The molecule has 1 N–H and O–H groups in total. The fourth-order valence-electron chi connectivity index (χ4n) is 1.85. The standard InChI is InChI=1S/C16H17Br2NO/c1-3-19-10-12-9-13(17)4-7-16(12)20-14-5-6-15(18)11(2)8-14/h4-9,19H,3,10H2,1-2H3.